The van der Waals surface area contributed by atoms with Gasteiger partial charge in [-0.2, -0.15) is 0 Å². The van der Waals surface area contributed by atoms with Crippen LogP contribution in [-0.4, -0.2) is 35.0 Å². The molecule has 2 aromatic heterocycles. The predicted molar refractivity (Wildman–Crippen MR) is 105 cm³/mol. The third kappa shape index (κ3) is 4.49. The first-order chi connectivity index (χ1) is 14.2. The number of benzene rings is 1. The summed E-state index contributed by atoms with van der Waals surface area (Å²) in [5.74, 6) is 0.509. The van der Waals surface area contributed by atoms with Gasteiger partial charge in [0.05, 0.1) is 0 Å². The van der Waals surface area contributed by atoms with E-state index < -0.39 is 0 Å². The van der Waals surface area contributed by atoms with Crippen LogP contribution in [0.1, 0.15) is 26.4 Å². The standard InChI is InChI=1S/C21H18N4O4/c26-20(25-16-1-2-18-19(12-16)29-10-9-28-18)15-5-8-23-17(11-15)21(27)24-13-14-3-6-22-7-4-14/h1-8,11-12H,9-10,13H2,(H,24,27)(H,25,26). The highest BCUT2D eigenvalue weighted by Crippen LogP contribution is 2.32. The zero-order valence-corrected chi connectivity index (χ0v) is 15.4. The van der Waals surface area contributed by atoms with Crippen LogP contribution in [0.4, 0.5) is 5.69 Å². The number of hydrogen-bond donors (Lipinski definition) is 2. The van der Waals surface area contributed by atoms with Crippen LogP contribution in [0.5, 0.6) is 11.5 Å². The highest BCUT2D eigenvalue weighted by atomic mass is 16.6. The second kappa shape index (κ2) is 8.39. The Morgan fingerprint density at radius 1 is 0.897 bits per heavy atom. The van der Waals surface area contributed by atoms with Crippen molar-refractivity contribution in [3.63, 3.8) is 0 Å². The molecule has 3 heterocycles. The average Bonchev–Trinajstić information content (AvgIpc) is 2.78. The van der Waals surface area contributed by atoms with E-state index in [1.807, 2.05) is 12.1 Å². The van der Waals surface area contributed by atoms with Crippen molar-refractivity contribution >= 4 is 17.5 Å². The number of hydrogen-bond acceptors (Lipinski definition) is 6. The van der Waals surface area contributed by atoms with Gasteiger partial charge in [0.15, 0.2) is 11.5 Å². The number of rotatable bonds is 5. The van der Waals surface area contributed by atoms with E-state index in [2.05, 4.69) is 20.6 Å². The molecule has 8 heteroatoms. The van der Waals surface area contributed by atoms with Gasteiger partial charge in [-0.15, -0.1) is 0 Å². The van der Waals surface area contributed by atoms with Crippen molar-refractivity contribution in [1.82, 2.24) is 15.3 Å². The fourth-order valence-electron chi connectivity index (χ4n) is 2.79. The maximum atomic E-state index is 12.6. The SMILES string of the molecule is O=C(Nc1ccc2c(c1)OCCO2)c1ccnc(C(=O)NCc2ccncc2)c1. The minimum Gasteiger partial charge on any atom is -0.486 e. The number of carbonyl (C=O) groups excluding carboxylic acids is 2. The van der Waals surface area contributed by atoms with Crippen LogP contribution in [0, 0.1) is 0 Å². The summed E-state index contributed by atoms with van der Waals surface area (Å²) in [5, 5.41) is 5.57. The van der Waals surface area contributed by atoms with Gasteiger partial charge in [-0.05, 0) is 42.0 Å². The lowest BCUT2D eigenvalue weighted by Crippen LogP contribution is -2.24. The molecule has 0 aliphatic carbocycles. The van der Waals surface area contributed by atoms with Crippen molar-refractivity contribution in [2.75, 3.05) is 18.5 Å². The summed E-state index contributed by atoms with van der Waals surface area (Å²) in [4.78, 5) is 32.9. The molecule has 8 nitrogen and oxygen atoms in total. The quantitative estimate of drug-likeness (QED) is 0.694. The van der Waals surface area contributed by atoms with E-state index in [1.165, 1.54) is 12.3 Å². The van der Waals surface area contributed by atoms with Gasteiger partial charge >= 0.3 is 0 Å². The van der Waals surface area contributed by atoms with E-state index in [0.29, 0.717) is 42.5 Å². The number of anilines is 1. The summed E-state index contributed by atoms with van der Waals surface area (Å²) >= 11 is 0. The van der Waals surface area contributed by atoms with Crippen LogP contribution in [0.25, 0.3) is 0 Å². The number of nitrogens with one attached hydrogen (secondary N) is 2. The molecule has 0 spiro atoms. The number of fused-ring (bicyclic) bond motifs is 1. The topological polar surface area (TPSA) is 102 Å². The number of pyridine rings is 2. The monoisotopic (exact) mass is 390 g/mol. The highest BCUT2D eigenvalue weighted by Gasteiger charge is 2.15. The Balaban J connectivity index is 1.42. The van der Waals surface area contributed by atoms with E-state index in [9.17, 15) is 9.59 Å². The number of nitrogens with zero attached hydrogens (tertiary/aromatic N) is 2. The molecular weight excluding hydrogens is 372 g/mol. The molecule has 2 N–H and O–H groups in total. The number of amides is 2. The Bertz CT molecular complexity index is 1040. The van der Waals surface area contributed by atoms with Crippen molar-refractivity contribution in [2.24, 2.45) is 0 Å². The van der Waals surface area contributed by atoms with E-state index >= 15 is 0 Å². The van der Waals surface area contributed by atoms with Crippen LogP contribution in [0.2, 0.25) is 0 Å². The molecule has 0 radical (unpaired) electrons. The molecule has 0 unspecified atom stereocenters. The van der Waals surface area contributed by atoms with Gasteiger partial charge in [0.2, 0.25) is 0 Å². The molecule has 146 valence electrons. The van der Waals surface area contributed by atoms with Crippen LogP contribution >= 0.6 is 0 Å². The minimum atomic E-state index is -0.365. The van der Waals surface area contributed by atoms with Crippen molar-refractivity contribution in [2.45, 2.75) is 6.54 Å². The molecule has 4 rings (SSSR count). The van der Waals surface area contributed by atoms with E-state index in [0.717, 1.165) is 5.56 Å². The normalized spacial score (nSPS) is 12.1. The Hall–Kier alpha value is -3.94. The summed E-state index contributed by atoms with van der Waals surface area (Å²) in [6.45, 7) is 1.31. The Morgan fingerprint density at radius 2 is 1.69 bits per heavy atom. The van der Waals surface area contributed by atoms with Crippen molar-refractivity contribution < 1.29 is 19.1 Å². The van der Waals surface area contributed by atoms with Crippen LogP contribution in [0.3, 0.4) is 0 Å². The highest BCUT2D eigenvalue weighted by molar-refractivity contribution is 6.05. The fourth-order valence-corrected chi connectivity index (χ4v) is 2.79. The Kier molecular flexibility index (Phi) is 5.33. The van der Waals surface area contributed by atoms with Crippen LogP contribution < -0.4 is 20.1 Å². The van der Waals surface area contributed by atoms with Gasteiger partial charge in [-0.25, -0.2) is 0 Å². The van der Waals surface area contributed by atoms with Crippen molar-refractivity contribution in [3.8, 4) is 11.5 Å². The maximum Gasteiger partial charge on any atom is 0.270 e. The minimum absolute atomic E-state index is 0.161. The van der Waals surface area contributed by atoms with E-state index in [4.69, 9.17) is 9.47 Å². The molecule has 1 aromatic carbocycles. The van der Waals surface area contributed by atoms with Gasteiger partial charge < -0.3 is 20.1 Å². The predicted octanol–water partition coefficient (Wildman–Crippen LogP) is 2.43. The molecule has 0 saturated carbocycles. The molecule has 0 saturated heterocycles. The number of aromatic nitrogens is 2. The first-order valence-corrected chi connectivity index (χ1v) is 9.03. The molecular formula is C21H18N4O4. The Labute approximate surface area is 166 Å². The second-order valence-electron chi connectivity index (χ2n) is 6.28. The number of carbonyl (C=O) groups is 2. The Morgan fingerprint density at radius 3 is 2.52 bits per heavy atom. The third-order valence-corrected chi connectivity index (χ3v) is 4.26. The van der Waals surface area contributed by atoms with Gasteiger partial charge in [-0.3, -0.25) is 19.6 Å². The smallest absolute Gasteiger partial charge is 0.270 e. The van der Waals surface area contributed by atoms with Crippen LogP contribution in [0.15, 0.2) is 61.1 Å². The first-order valence-electron chi connectivity index (χ1n) is 9.03. The number of ether oxygens (including phenoxy) is 2. The maximum absolute atomic E-state index is 12.6. The molecule has 3 aromatic rings. The van der Waals surface area contributed by atoms with Gasteiger partial charge in [0.25, 0.3) is 11.8 Å². The summed E-state index contributed by atoms with van der Waals surface area (Å²) in [5.41, 5.74) is 1.97. The van der Waals surface area contributed by atoms with Crippen LogP contribution in [-0.2, 0) is 6.54 Å². The average molecular weight is 390 g/mol. The van der Waals surface area contributed by atoms with Gasteiger partial charge in [0, 0.05) is 42.5 Å². The van der Waals surface area contributed by atoms with Gasteiger partial charge in [-0.1, -0.05) is 0 Å². The fraction of sp³-hybridized carbons (Fsp3) is 0.143. The third-order valence-electron chi connectivity index (χ3n) is 4.26. The largest absolute Gasteiger partial charge is 0.486 e. The molecule has 0 fully saturated rings. The molecule has 29 heavy (non-hydrogen) atoms. The summed E-state index contributed by atoms with van der Waals surface area (Å²) < 4.78 is 11.0. The van der Waals surface area contributed by atoms with E-state index in [-0.39, 0.29) is 17.5 Å². The second-order valence-corrected chi connectivity index (χ2v) is 6.28. The lowest BCUT2D eigenvalue weighted by molar-refractivity contribution is 0.0946. The molecule has 2 amide bonds. The summed E-state index contributed by atoms with van der Waals surface area (Å²) in [7, 11) is 0. The zero-order chi connectivity index (χ0) is 20.1. The van der Waals surface area contributed by atoms with Crippen molar-refractivity contribution in [3.05, 3.63) is 77.9 Å². The molecule has 0 bridgehead atoms. The van der Waals surface area contributed by atoms with E-state index in [1.54, 1.807) is 36.7 Å². The van der Waals surface area contributed by atoms with Gasteiger partial charge in [0.1, 0.15) is 18.9 Å². The first kappa shape index (κ1) is 18.4. The lowest BCUT2D eigenvalue weighted by Gasteiger charge is -2.19. The summed E-state index contributed by atoms with van der Waals surface area (Å²) in [6.07, 6.45) is 4.74. The van der Waals surface area contributed by atoms with Crippen molar-refractivity contribution in [1.29, 1.82) is 0 Å². The summed E-state index contributed by atoms with van der Waals surface area (Å²) in [6, 6.07) is 11.8. The molecule has 0 atom stereocenters. The lowest BCUT2D eigenvalue weighted by atomic mass is 10.2. The molecule has 1 aliphatic rings. The molecule has 1 aliphatic heterocycles. The zero-order valence-electron chi connectivity index (χ0n) is 15.4.